The average Bonchev–Trinajstić information content (AvgIpc) is 4.03. The Hall–Kier alpha value is -2.69. The van der Waals surface area contributed by atoms with Gasteiger partial charge in [-0.25, -0.2) is 0 Å². The summed E-state index contributed by atoms with van der Waals surface area (Å²) in [6, 6.07) is 31.5. The quantitative estimate of drug-likeness (QED) is 0.171. The van der Waals surface area contributed by atoms with Gasteiger partial charge in [0.05, 0.1) is 0 Å². The van der Waals surface area contributed by atoms with Crippen LogP contribution in [0.2, 0.25) is 12.6 Å². The number of rotatable bonds is 8. The van der Waals surface area contributed by atoms with Crippen molar-refractivity contribution in [3.63, 3.8) is 0 Å². The third kappa shape index (κ3) is 13.7. The molecular weight excluding hydrogens is 848 g/mol. The molecule has 57 heavy (non-hydrogen) atoms. The second-order valence-corrected chi connectivity index (χ2v) is 23.8. The fourth-order valence-electron chi connectivity index (χ4n) is 7.96. The van der Waals surface area contributed by atoms with Crippen molar-refractivity contribution in [2.45, 2.75) is 103 Å². The Kier molecular flexibility index (Phi) is 18.6. The van der Waals surface area contributed by atoms with Crippen LogP contribution >= 0.6 is 0 Å². The number of hydrogen-bond acceptors (Lipinski definition) is 0. The van der Waals surface area contributed by atoms with Gasteiger partial charge in [0.2, 0.25) is 0 Å². The summed E-state index contributed by atoms with van der Waals surface area (Å²) < 4.78 is 34.3. The minimum Gasteiger partial charge on any atom is -1.00 e. The Morgan fingerprint density at radius 2 is 1.02 bits per heavy atom. The van der Waals surface area contributed by atoms with Crippen LogP contribution in [0.25, 0.3) is 46.6 Å². The van der Waals surface area contributed by atoms with E-state index in [9.17, 15) is 13.2 Å². The molecule has 0 radical (unpaired) electrons. The largest absolute Gasteiger partial charge is 1.00 e. The number of halogens is 5. The van der Waals surface area contributed by atoms with Gasteiger partial charge in [-0.05, 0) is 46.9 Å². The van der Waals surface area contributed by atoms with Crippen LogP contribution in [0.3, 0.4) is 0 Å². The molecule has 8 rings (SSSR count). The van der Waals surface area contributed by atoms with E-state index >= 15 is 0 Å². The van der Waals surface area contributed by atoms with E-state index < -0.39 is 18.0 Å². The van der Waals surface area contributed by atoms with Crippen LogP contribution < -0.4 is 45.7 Å². The number of aryl methyl sites for hydroxylation is 2. The van der Waals surface area contributed by atoms with Crippen molar-refractivity contribution < 1.29 is 61.3 Å². The summed E-state index contributed by atoms with van der Waals surface area (Å²) in [5.74, 6) is 1.52. The molecule has 2 saturated carbocycles. The van der Waals surface area contributed by atoms with Crippen LogP contribution in [0.4, 0.5) is 13.2 Å². The Morgan fingerprint density at radius 3 is 1.33 bits per heavy atom. The number of hydrogen-bond donors (Lipinski definition) is 0. The van der Waals surface area contributed by atoms with Crippen molar-refractivity contribution in [1.29, 1.82) is 0 Å². The van der Waals surface area contributed by atoms with Crippen molar-refractivity contribution in [2.24, 2.45) is 11.8 Å². The minimum atomic E-state index is -3.93. The first kappa shape index (κ1) is 47.0. The molecule has 0 bridgehead atoms. The fourth-order valence-corrected chi connectivity index (χ4v) is 9.54. The molecule has 0 saturated heterocycles. The summed E-state index contributed by atoms with van der Waals surface area (Å²) in [6.45, 7) is 6.33. The number of benzene rings is 4. The second kappa shape index (κ2) is 22.6. The standard InChI is InChI=1S/2C23H23.C4H7F3Si.2ClH.Zr/c2*1-2-17-10-12-20(13-11-17)22-9-5-8-21-15-19(16-23(21)22)14-18-6-3-4-7-18;1-8-3-2-4(5,6)7;;;/h2*5,8-14,16,18H,2-4,6-7H2,1H3;2-3H2,1H3;2*1H;/q2*-1;;;;+2/p-2. The maximum atomic E-state index is 11.4. The minimum absolute atomic E-state index is 0. The number of fused-ring (bicyclic) bond motifs is 2. The topological polar surface area (TPSA) is 0 Å². The summed E-state index contributed by atoms with van der Waals surface area (Å²) in [4.78, 5) is 0. The molecule has 4 aliphatic rings. The van der Waals surface area contributed by atoms with E-state index in [4.69, 9.17) is 0 Å². The molecule has 0 aromatic heterocycles. The molecule has 0 spiro atoms. The van der Waals surface area contributed by atoms with Gasteiger partial charge < -0.3 is 24.8 Å². The maximum Gasteiger partial charge on any atom is -1.00 e. The third-order valence-electron chi connectivity index (χ3n) is 11.1. The van der Waals surface area contributed by atoms with Crippen LogP contribution in [0.1, 0.15) is 82.8 Å². The molecule has 7 heteroatoms. The van der Waals surface area contributed by atoms with Crippen molar-refractivity contribution in [3.8, 4) is 22.3 Å². The first-order chi connectivity index (χ1) is 26.6. The molecule has 4 aliphatic carbocycles. The predicted octanol–water partition coefficient (Wildman–Crippen LogP) is 5.08. The van der Waals surface area contributed by atoms with E-state index in [-0.39, 0.29) is 24.8 Å². The Balaban J connectivity index is 0.000000204. The van der Waals surface area contributed by atoms with Gasteiger partial charge in [-0.15, -0.1) is 80.6 Å². The van der Waals surface area contributed by atoms with Gasteiger partial charge in [-0.3, -0.25) is 0 Å². The molecule has 2 fully saturated rings. The van der Waals surface area contributed by atoms with E-state index in [1.165, 1.54) is 140 Å². The monoisotopic (exact) mass is 898 g/mol. The normalized spacial score (nSPS) is 17.0. The summed E-state index contributed by atoms with van der Waals surface area (Å²) >= 11 is 1.29. The van der Waals surface area contributed by atoms with Crippen LogP contribution in [0, 0.1) is 11.8 Å². The van der Waals surface area contributed by atoms with E-state index in [0.717, 1.165) is 24.7 Å². The van der Waals surface area contributed by atoms with Gasteiger partial charge in [-0.2, -0.15) is 0 Å². The van der Waals surface area contributed by atoms with Gasteiger partial charge in [-0.1, -0.05) is 149 Å². The van der Waals surface area contributed by atoms with Gasteiger partial charge in [0, 0.05) is 0 Å². The van der Waals surface area contributed by atoms with Gasteiger partial charge in [0.1, 0.15) is 0 Å². The first-order valence-electron chi connectivity index (χ1n) is 20.3. The molecule has 0 amide bonds. The molecular formula is C50H53Cl2F3SiZr-2. The number of alkyl halides is 3. The molecule has 0 nitrogen and oxygen atoms in total. The van der Waals surface area contributed by atoms with Crippen molar-refractivity contribution >= 4 is 29.7 Å². The van der Waals surface area contributed by atoms with E-state index in [1.54, 1.807) is 0 Å². The average molecular weight is 901 g/mol. The molecule has 0 aliphatic heterocycles. The van der Waals surface area contributed by atoms with Crippen LogP contribution in [0.5, 0.6) is 0 Å². The van der Waals surface area contributed by atoms with Crippen LogP contribution in [0.15, 0.2) is 108 Å². The van der Waals surface area contributed by atoms with Crippen molar-refractivity contribution in [1.82, 2.24) is 0 Å². The van der Waals surface area contributed by atoms with Gasteiger partial charge >= 0.3 is 67.1 Å². The molecule has 0 atom stereocenters. The van der Waals surface area contributed by atoms with Gasteiger partial charge in [0.25, 0.3) is 0 Å². The fraction of sp³-hybridized carbons (Fsp3) is 0.360. The molecule has 298 valence electrons. The molecule has 4 aromatic carbocycles. The van der Waals surface area contributed by atoms with Crippen LogP contribution in [-0.4, -0.2) is 11.6 Å². The molecule has 0 heterocycles. The van der Waals surface area contributed by atoms with Crippen molar-refractivity contribution in [2.75, 3.05) is 0 Å². The first-order valence-corrected chi connectivity index (χ1v) is 26.2. The van der Waals surface area contributed by atoms with Crippen molar-refractivity contribution in [3.05, 3.63) is 140 Å². The molecule has 4 aromatic rings. The maximum absolute atomic E-state index is 11.4. The third-order valence-corrected chi connectivity index (χ3v) is 14.0. The molecule has 0 N–H and O–H groups in total. The Morgan fingerprint density at radius 1 is 0.632 bits per heavy atom. The summed E-state index contributed by atoms with van der Waals surface area (Å²) in [7, 11) is 0. The zero-order valence-corrected chi connectivity index (χ0v) is 38.4. The summed E-state index contributed by atoms with van der Waals surface area (Å²) in [6.07, 6.45) is 25.4. The number of allylic oxidation sites excluding steroid dienone is 4. The summed E-state index contributed by atoms with van der Waals surface area (Å²) in [5, 5.41) is 5.15. The smallest absolute Gasteiger partial charge is 1.00 e. The van der Waals surface area contributed by atoms with Gasteiger partial charge in [0.15, 0.2) is 0 Å². The molecule has 0 unspecified atom stereocenters. The Labute approximate surface area is 366 Å². The summed E-state index contributed by atoms with van der Waals surface area (Å²) in [5.41, 5.74) is 10.0. The second-order valence-electron chi connectivity index (χ2n) is 15.4. The Bertz CT molecular complexity index is 2110. The van der Waals surface area contributed by atoms with E-state index in [0.29, 0.717) is 6.04 Å². The SMILES string of the molecule is CCc1ccc(-c2cccc3c2=CC(=CC2CCCC2)[C-]=3)cc1.CCc1ccc(-c2cccc3c2=CC(=CC2CCCC2)[C-]=3)cc1.C[Si](=[Zr+2])CCC(F)(F)F.[Cl-].[Cl-]. The predicted molar refractivity (Wildman–Crippen MR) is 224 cm³/mol. The van der Waals surface area contributed by atoms with E-state index in [2.05, 4.69) is 135 Å². The zero-order valence-electron chi connectivity index (χ0n) is 33.4. The van der Waals surface area contributed by atoms with Crippen LogP contribution in [-0.2, 0) is 36.2 Å². The van der Waals surface area contributed by atoms with E-state index in [1.807, 2.05) is 6.55 Å². The zero-order chi connectivity index (χ0) is 38.8.